The Morgan fingerprint density at radius 1 is 1.11 bits per heavy atom. The van der Waals surface area contributed by atoms with Gasteiger partial charge in [-0.05, 0) is 25.0 Å². The molecule has 2 aliphatic heterocycles. The van der Waals surface area contributed by atoms with E-state index in [-0.39, 0.29) is 6.10 Å². The van der Waals surface area contributed by atoms with E-state index in [0.717, 1.165) is 56.0 Å². The molecule has 3 heterocycles. The van der Waals surface area contributed by atoms with Crippen molar-refractivity contribution < 1.29 is 14.0 Å². The molecular formula is C20H22Cl2N2O3. The van der Waals surface area contributed by atoms with Gasteiger partial charge < -0.3 is 19.3 Å². The lowest BCUT2D eigenvalue weighted by atomic mass is 9.86. The molecule has 5 rings (SSSR count). The first kappa shape index (κ1) is 18.0. The molecule has 2 unspecified atom stereocenters. The van der Waals surface area contributed by atoms with Gasteiger partial charge in [0.1, 0.15) is 11.5 Å². The van der Waals surface area contributed by atoms with E-state index in [2.05, 4.69) is 10.5 Å². The second kappa shape index (κ2) is 7.37. The van der Waals surface area contributed by atoms with E-state index in [4.69, 9.17) is 37.2 Å². The van der Waals surface area contributed by atoms with Crippen molar-refractivity contribution >= 4 is 23.2 Å². The van der Waals surface area contributed by atoms with Crippen molar-refractivity contribution in [2.45, 2.75) is 31.5 Å². The van der Waals surface area contributed by atoms with Crippen LogP contribution in [-0.2, 0) is 16.1 Å². The SMILES string of the molecule is Clc1cccc(Cl)c1-c1noc(C2CC2)c1COC1C2CNCC1COC2. The average molecular weight is 409 g/mol. The zero-order chi connectivity index (χ0) is 18.4. The Kier molecular flexibility index (Phi) is 4.90. The van der Waals surface area contributed by atoms with E-state index in [0.29, 0.717) is 40.1 Å². The number of aromatic nitrogens is 1. The lowest BCUT2D eigenvalue weighted by Gasteiger charge is -2.42. The molecule has 1 saturated carbocycles. The van der Waals surface area contributed by atoms with E-state index >= 15 is 0 Å². The average Bonchev–Trinajstić information content (AvgIpc) is 3.40. The van der Waals surface area contributed by atoms with Gasteiger partial charge in [0.05, 0.1) is 36.0 Å². The van der Waals surface area contributed by atoms with Crippen LogP contribution < -0.4 is 5.32 Å². The number of nitrogens with one attached hydrogen (secondary N) is 1. The molecular weight excluding hydrogens is 387 g/mol. The van der Waals surface area contributed by atoms with Gasteiger partial charge >= 0.3 is 0 Å². The van der Waals surface area contributed by atoms with Crippen molar-refractivity contribution in [2.75, 3.05) is 26.3 Å². The molecule has 7 heteroatoms. The quantitative estimate of drug-likeness (QED) is 0.799. The summed E-state index contributed by atoms with van der Waals surface area (Å²) in [5.41, 5.74) is 2.43. The summed E-state index contributed by atoms with van der Waals surface area (Å²) in [7, 11) is 0. The van der Waals surface area contributed by atoms with E-state index < -0.39 is 0 Å². The molecule has 1 aromatic carbocycles. The zero-order valence-electron chi connectivity index (χ0n) is 14.9. The lowest BCUT2D eigenvalue weighted by Crippen LogP contribution is -2.54. The van der Waals surface area contributed by atoms with Crippen LogP contribution in [0.15, 0.2) is 22.7 Å². The van der Waals surface area contributed by atoms with Gasteiger partial charge in [0.15, 0.2) is 0 Å². The second-order valence-electron chi connectivity index (χ2n) is 7.74. The van der Waals surface area contributed by atoms with Gasteiger partial charge in [-0.1, -0.05) is 34.4 Å². The monoisotopic (exact) mass is 408 g/mol. The van der Waals surface area contributed by atoms with E-state index in [1.54, 1.807) is 0 Å². The molecule has 144 valence electrons. The van der Waals surface area contributed by atoms with Crippen LogP contribution in [0.3, 0.4) is 0 Å². The summed E-state index contributed by atoms with van der Waals surface area (Å²) in [4.78, 5) is 0. The van der Waals surface area contributed by atoms with Crippen LogP contribution in [0.25, 0.3) is 11.3 Å². The number of fused-ring (bicyclic) bond motifs is 2. The van der Waals surface area contributed by atoms with Gasteiger partial charge in [0, 0.05) is 42.0 Å². The van der Waals surface area contributed by atoms with Gasteiger partial charge in [-0.15, -0.1) is 0 Å². The number of rotatable bonds is 5. The summed E-state index contributed by atoms with van der Waals surface area (Å²) in [6.45, 7) is 3.82. The summed E-state index contributed by atoms with van der Waals surface area (Å²) >= 11 is 12.9. The minimum Gasteiger partial charge on any atom is -0.381 e. The van der Waals surface area contributed by atoms with Crippen LogP contribution in [0.4, 0.5) is 0 Å². The fraction of sp³-hybridized carbons (Fsp3) is 0.550. The maximum absolute atomic E-state index is 6.45. The van der Waals surface area contributed by atoms with Gasteiger partial charge in [-0.25, -0.2) is 0 Å². The maximum Gasteiger partial charge on any atom is 0.145 e. The Morgan fingerprint density at radius 2 is 1.81 bits per heavy atom. The van der Waals surface area contributed by atoms with Gasteiger partial charge in [0.2, 0.25) is 0 Å². The van der Waals surface area contributed by atoms with Gasteiger partial charge in [-0.2, -0.15) is 0 Å². The summed E-state index contributed by atoms with van der Waals surface area (Å²) in [6.07, 6.45) is 2.45. The van der Waals surface area contributed by atoms with E-state index in [1.165, 1.54) is 0 Å². The highest BCUT2D eigenvalue weighted by Crippen LogP contribution is 2.46. The van der Waals surface area contributed by atoms with Crippen molar-refractivity contribution in [2.24, 2.45) is 11.8 Å². The molecule has 0 spiro atoms. The molecule has 2 bridgehead atoms. The van der Waals surface area contributed by atoms with Crippen molar-refractivity contribution in [3.05, 3.63) is 39.6 Å². The summed E-state index contributed by atoms with van der Waals surface area (Å²) in [5, 5.41) is 8.97. The van der Waals surface area contributed by atoms with E-state index in [9.17, 15) is 0 Å². The molecule has 2 aromatic rings. The van der Waals surface area contributed by atoms with Crippen LogP contribution in [-0.4, -0.2) is 37.6 Å². The Morgan fingerprint density at radius 3 is 2.48 bits per heavy atom. The zero-order valence-corrected chi connectivity index (χ0v) is 16.4. The van der Waals surface area contributed by atoms with Crippen LogP contribution in [0.5, 0.6) is 0 Å². The molecule has 27 heavy (non-hydrogen) atoms. The number of ether oxygens (including phenoxy) is 2. The summed E-state index contributed by atoms with van der Waals surface area (Å²) < 4.78 is 17.9. The number of nitrogens with zero attached hydrogens (tertiary/aromatic N) is 1. The Labute approximate surface area is 168 Å². The summed E-state index contributed by atoms with van der Waals surface area (Å²) in [5.74, 6) is 2.13. The predicted octanol–water partition coefficient (Wildman–Crippen LogP) is 4.28. The first-order valence-corrected chi connectivity index (χ1v) is 10.3. The number of piperidine rings is 1. The van der Waals surface area contributed by atoms with Gasteiger partial charge in [0.25, 0.3) is 0 Å². The number of hydrogen-bond acceptors (Lipinski definition) is 5. The first-order valence-electron chi connectivity index (χ1n) is 9.55. The van der Waals surface area contributed by atoms with Crippen molar-refractivity contribution in [3.63, 3.8) is 0 Å². The maximum atomic E-state index is 6.45. The van der Waals surface area contributed by atoms with Crippen LogP contribution >= 0.6 is 23.2 Å². The topological polar surface area (TPSA) is 56.5 Å². The smallest absolute Gasteiger partial charge is 0.145 e. The Bertz CT molecular complexity index is 794. The first-order chi connectivity index (χ1) is 13.2. The minimum absolute atomic E-state index is 0.191. The normalized spacial score (nSPS) is 27.7. The van der Waals surface area contributed by atoms with Crippen molar-refractivity contribution in [1.29, 1.82) is 0 Å². The molecule has 1 aliphatic carbocycles. The van der Waals surface area contributed by atoms with Crippen LogP contribution in [0, 0.1) is 11.8 Å². The highest BCUT2D eigenvalue weighted by atomic mass is 35.5. The molecule has 1 N–H and O–H groups in total. The number of halogens is 2. The van der Waals surface area contributed by atoms with Gasteiger partial charge in [-0.3, -0.25) is 0 Å². The molecule has 2 atom stereocenters. The molecule has 3 fully saturated rings. The third-order valence-corrected chi connectivity index (χ3v) is 6.42. The van der Waals surface area contributed by atoms with Crippen molar-refractivity contribution in [3.8, 4) is 11.3 Å². The third kappa shape index (κ3) is 3.40. The summed E-state index contributed by atoms with van der Waals surface area (Å²) in [6, 6.07) is 5.49. The number of benzene rings is 1. The van der Waals surface area contributed by atoms with Crippen molar-refractivity contribution in [1.82, 2.24) is 10.5 Å². The minimum atomic E-state index is 0.191. The molecule has 1 aromatic heterocycles. The second-order valence-corrected chi connectivity index (χ2v) is 8.55. The molecule has 0 radical (unpaired) electrons. The molecule has 5 nitrogen and oxygen atoms in total. The largest absolute Gasteiger partial charge is 0.381 e. The molecule has 2 saturated heterocycles. The molecule has 0 amide bonds. The van der Waals surface area contributed by atoms with E-state index in [1.807, 2.05) is 18.2 Å². The lowest BCUT2D eigenvalue weighted by molar-refractivity contribution is -0.130. The fourth-order valence-corrected chi connectivity index (χ4v) is 4.83. The Balaban J connectivity index is 1.45. The highest BCUT2D eigenvalue weighted by molar-refractivity contribution is 6.39. The third-order valence-electron chi connectivity index (χ3n) is 5.79. The standard InChI is InChI=1S/C20H22Cl2N2O3/c21-15-2-1-3-16(22)17(15)18-14(20(27-24-18)11-4-5-11)10-26-19-12-6-23-7-13(19)9-25-8-12/h1-3,11-13,19,23H,4-10H2. The van der Waals surface area contributed by atoms with Crippen LogP contribution in [0.1, 0.15) is 30.1 Å². The highest BCUT2D eigenvalue weighted by Gasteiger charge is 2.39. The fourth-order valence-electron chi connectivity index (χ4n) is 4.25. The molecule has 3 aliphatic rings. The number of hydrogen-bond donors (Lipinski definition) is 1. The Hall–Kier alpha value is -1.11. The van der Waals surface area contributed by atoms with Crippen LogP contribution in [0.2, 0.25) is 10.0 Å². The predicted molar refractivity (Wildman–Crippen MR) is 103 cm³/mol.